The zero-order valence-electron chi connectivity index (χ0n) is 9.81. The van der Waals surface area contributed by atoms with Gasteiger partial charge in [-0.2, -0.15) is 0 Å². The van der Waals surface area contributed by atoms with E-state index in [4.69, 9.17) is 0 Å². The summed E-state index contributed by atoms with van der Waals surface area (Å²) in [4.78, 5) is 16.2. The van der Waals surface area contributed by atoms with E-state index in [9.17, 15) is 10.1 Å². The molecule has 0 saturated carbocycles. The summed E-state index contributed by atoms with van der Waals surface area (Å²) < 4.78 is 0.608. The van der Waals surface area contributed by atoms with Crippen molar-refractivity contribution in [2.45, 2.75) is 6.42 Å². The van der Waals surface area contributed by atoms with E-state index in [2.05, 4.69) is 31.1 Å². The van der Waals surface area contributed by atoms with Crippen LogP contribution in [0.25, 0.3) is 0 Å². The fraction of sp³-hybridized carbons (Fsp3) is 0.500. The lowest BCUT2D eigenvalue weighted by Crippen LogP contribution is -2.16. The molecule has 0 bridgehead atoms. The smallest absolute Gasteiger partial charge is 0.288 e. The molecule has 1 aromatic rings. The van der Waals surface area contributed by atoms with Crippen LogP contribution in [0.1, 0.15) is 6.42 Å². The first-order chi connectivity index (χ1) is 8.00. The Hall–Kier alpha value is -1.21. The molecule has 0 radical (unpaired) electrons. The van der Waals surface area contributed by atoms with Gasteiger partial charge in [-0.05, 0) is 43.0 Å². The molecular formula is C10H15BrN4O2. The lowest BCUT2D eigenvalue weighted by Gasteiger charge is -2.10. The van der Waals surface area contributed by atoms with Crippen LogP contribution in [0.3, 0.4) is 0 Å². The maximum absolute atomic E-state index is 10.5. The fourth-order valence-electron chi connectivity index (χ4n) is 1.26. The molecule has 1 heterocycles. The quantitative estimate of drug-likeness (QED) is 0.495. The van der Waals surface area contributed by atoms with E-state index in [1.54, 1.807) is 0 Å². The fourth-order valence-corrected chi connectivity index (χ4v) is 1.74. The van der Waals surface area contributed by atoms with Crippen molar-refractivity contribution in [3.63, 3.8) is 0 Å². The molecule has 94 valence electrons. The summed E-state index contributed by atoms with van der Waals surface area (Å²) in [5.41, 5.74) is -0.0179. The van der Waals surface area contributed by atoms with Crippen molar-refractivity contribution in [2.75, 3.05) is 32.5 Å². The van der Waals surface area contributed by atoms with E-state index >= 15 is 0 Å². The molecule has 0 aliphatic heterocycles. The van der Waals surface area contributed by atoms with Gasteiger partial charge in [0.2, 0.25) is 0 Å². The Balaban J connectivity index is 2.52. The van der Waals surface area contributed by atoms with E-state index in [-0.39, 0.29) is 5.69 Å². The number of nitro groups is 1. The van der Waals surface area contributed by atoms with Gasteiger partial charge in [-0.25, -0.2) is 4.98 Å². The average molecular weight is 303 g/mol. The first-order valence-electron chi connectivity index (χ1n) is 5.19. The molecule has 0 atom stereocenters. The molecule has 1 rings (SSSR count). The highest BCUT2D eigenvalue weighted by Crippen LogP contribution is 2.24. The summed E-state index contributed by atoms with van der Waals surface area (Å²) in [7, 11) is 4.03. The van der Waals surface area contributed by atoms with E-state index in [1.165, 1.54) is 12.3 Å². The molecular weight excluding hydrogens is 288 g/mol. The number of hydrogen-bond acceptors (Lipinski definition) is 5. The number of pyridine rings is 1. The molecule has 7 heteroatoms. The molecule has 0 amide bonds. The van der Waals surface area contributed by atoms with Crippen molar-refractivity contribution in [2.24, 2.45) is 0 Å². The topological polar surface area (TPSA) is 71.3 Å². The number of hydrogen-bond donors (Lipinski definition) is 1. The Morgan fingerprint density at radius 2 is 2.29 bits per heavy atom. The first kappa shape index (κ1) is 13.9. The lowest BCUT2D eigenvalue weighted by molar-refractivity contribution is -0.385. The van der Waals surface area contributed by atoms with Gasteiger partial charge >= 0.3 is 0 Å². The van der Waals surface area contributed by atoms with E-state index in [0.29, 0.717) is 10.3 Å². The number of aromatic nitrogens is 1. The Morgan fingerprint density at radius 3 is 2.82 bits per heavy atom. The van der Waals surface area contributed by atoms with Crippen molar-refractivity contribution >= 4 is 27.4 Å². The zero-order chi connectivity index (χ0) is 12.8. The Labute approximate surface area is 108 Å². The minimum Gasteiger partial charge on any atom is -0.369 e. The SMILES string of the molecule is CN(C)CCCNc1ncc([N+](=O)[O-])cc1Br. The third-order valence-corrected chi connectivity index (χ3v) is 2.72. The van der Waals surface area contributed by atoms with Crippen LogP contribution in [-0.4, -0.2) is 42.0 Å². The summed E-state index contributed by atoms with van der Waals surface area (Å²) in [5, 5.41) is 13.6. The molecule has 0 fully saturated rings. The van der Waals surface area contributed by atoms with Crippen LogP contribution < -0.4 is 5.32 Å². The monoisotopic (exact) mass is 302 g/mol. The molecule has 0 aliphatic carbocycles. The molecule has 0 spiro atoms. The maximum atomic E-state index is 10.5. The van der Waals surface area contributed by atoms with Crippen molar-refractivity contribution in [3.05, 3.63) is 26.9 Å². The molecule has 1 aromatic heterocycles. The molecule has 1 N–H and O–H groups in total. The summed E-state index contributed by atoms with van der Waals surface area (Å²) in [6.45, 7) is 1.76. The molecule has 0 aromatic carbocycles. The van der Waals surface area contributed by atoms with Gasteiger partial charge in [0.15, 0.2) is 0 Å². The molecule has 6 nitrogen and oxygen atoms in total. The van der Waals surface area contributed by atoms with Gasteiger partial charge in [-0.15, -0.1) is 0 Å². The second kappa shape index (κ2) is 6.51. The Kier molecular flexibility index (Phi) is 5.30. The highest BCUT2D eigenvalue weighted by atomic mass is 79.9. The number of nitrogens with one attached hydrogen (secondary N) is 1. The van der Waals surface area contributed by atoms with E-state index in [0.717, 1.165) is 19.5 Å². The van der Waals surface area contributed by atoms with Gasteiger partial charge in [0, 0.05) is 12.6 Å². The van der Waals surface area contributed by atoms with Crippen LogP contribution in [0, 0.1) is 10.1 Å². The highest BCUT2D eigenvalue weighted by Gasteiger charge is 2.09. The third-order valence-electron chi connectivity index (χ3n) is 2.11. The van der Waals surface area contributed by atoms with Crippen LogP contribution in [0.15, 0.2) is 16.7 Å². The van der Waals surface area contributed by atoms with Crippen LogP contribution >= 0.6 is 15.9 Å². The van der Waals surface area contributed by atoms with Gasteiger partial charge in [0.1, 0.15) is 12.0 Å². The minimum absolute atomic E-state index is 0.0179. The summed E-state index contributed by atoms with van der Waals surface area (Å²) in [6, 6.07) is 1.45. The number of rotatable bonds is 6. The summed E-state index contributed by atoms with van der Waals surface area (Å²) in [5.74, 6) is 0.634. The van der Waals surface area contributed by atoms with E-state index in [1.807, 2.05) is 14.1 Å². The minimum atomic E-state index is -0.465. The van der Waals surface area contributed by atoms with Crippen LogP contribution in [0.2, 0.25) is 0 Å². The molecule has 0 aliphatic rings. The Bertz CT molecular complexity index is 398. The van der Waals surface area contributed by atoms with Crippen molar-refractivity contribution < 1.29 is 4.92 Å². The normalized spacial score (nSPS) is 10.6. The van der Waals surface area contributed by atoms with Gasteiger partial charge in [-0.3, -0.25) is 10.1 Å². The zero-order valence-corrected chi connectivity index (χ0v) is 11.4. The number of anilines is 1. The maximum Gasteiger partial charge on any atom is 0.288 e. The Morgan fingerprint density at radius 1 is 1.59 bits per heavy atom. The summed E-state index contributed by atoms with van der Waals surface area (Å²) >= 11 is 3.26. The van der Waals surface area contributed by atoms with Crippen molar-refractivity contribution in [3.8, 4) is 0 Å². The predicted octanol–water partition coefficient (Wildman–Crippen LogP) is 2.12. The number of nitrogens with zero attached hydrogens (tertiary/aromatic N) is 3. The average Bonchev–Trinajstić information content (AvgIpc) is 2.25. The molecule has 0 unspecified atom stereocenters. The standard InChI is InChI=1S/C10H15BrN4O2/c1-14(2)5-3-4-12-10-9(11)6-8(7-13-10)15(16)17/h6-7H,3-5H2,1-2H3,(H,12,13). The molecule has 0 saturated heterocycles. The largest absolute Gasteiger partial charge is 0.369 e. The van der Waals surface area contributed by atoms with Crippen LogP contribution in [-0.2, 0) is 0 Å². The van der Waals surface area contributed by atoms with Gasteiger partial charge in [-0.1, -0.05) is 0 Å². The van der Waals surface area contributed by atoms with Gasteiger partial charge in [0.25, 0.3) is 5.69 Å². The van der Waals surface area contributed by atoms with Crippen molar-refractivity contribution in [1.82, 2.24) is 9.88 Å². The lowest BCUT2D eigenvalue weighted by atomic mass is 10.3. The number of halogens is 1. The van der Waals surface area contributed by atoms with Crippen LogP contribution in [0.4, 0.5) is 11.5 Å². The second-order valence-electron chi connectivity index (χ2n) is 3.86. The second-order valence-corrected chi connectivity index (χ2v) is 4.72. The van der Waals surface area contributed by atoms with Gasteiger partial charge in [0.05, 0.1) is 9.40 Å². The van der Waals surface area contributed by atoms with E-state index < -0.39 is 4.92 Å². The van der Waals surface area contributed by atoms with Crippen molar-refractivity contribution in [1.29, 1.82) is 0 Å². The van der Waals surface area contributed by atoms with Crippen LogP contribution in [0.5, 0.6) is 0 Å². The third kappa shape index (κ3) is 4.66. The van der Waals surface area contributed by atoms with Gasteiger partial charge < -0.3 is 10.2 Å². The molecule has 17 heavy (non-hydrogen) atoms. The first-order valence-corrected chi connectivity index (χ1v) is 5.98. The predicted molar refractivity (Wildman–Crippen MR) is 70.3 cm³/mol. The summed E-state index contributed by atoms with van der Waals surface area (Å²) in [6.07, 6.45) is 2.23. The highest BCUT2D eigenvalue weighted by molar-refractivity contribution is 9.10.